The monoisotopic (exact) mass is 2020 g/mol. The van der Waals surface area contributed by atoms with E-state index in [1.54, 1.807) is 91.3 Å². The molecule has 9 aromatic heterocycles. The lowest BCUT2D eigenvalue weighted by molar-refractivity contribution is -0.128. The van der Waals surface area contributed by atoms with E-state index in [4.69, 9.17) is 36.6 Å². The molecule has 16 amide bonds. The second-order valence-electron chi connectivity index (χ2n) is 37.1. The number of benzene rings is 4. The summed E-state index contributed by atoms with van der Waals surface area (Å²) in [4.78, 5) is 207. The Balaban J connectivity index is 0.000000116. The molecule has 0 saturated carbocycles. The number of fused-ring (bicyclic) bond motifs is 8. The summed E-state index contributed by atoms with van der Waals surface area (Å²) in [5.41, 5.74) is 0.964. The quantitative estimate of drug-likeness (QED) is 0.0186. The number of β-amino-alcohol motifs (C(OH)–C–C–N with tert-alkyl or cyclic N) is 1. The number of anilines is 2. The van der Waals surface area contributed by atoms with Gasteiger partial charge in [0.1, 0.15) is 79.0 Å². The highest BCUT2D eigenvalue weighted by atomic mass is 19.1. The summed E-state index contributed by atoms with van der Waals surface area (Å²) in [5, 5.41) is 33.6. The van der Waals surface area contributed by atoms with Gasteiger partial charge in [0.25, 0.3) is 35.4 Å². The van der Waals surface area contributed by atoms with E-state index in [0.717, 1.165) is 36.2 Å². The summed E-state index contributed by atoms with van der Waals surface area (Å²) in [6, 6.07) is 30.3. The van der Waals surface area contributed by atoms with Crippen LogP contribution in [0, 0.1) is 23.3 Å². The van der Waals surface area contributed by atoms with E-state index in [9.17, 15) is 85.4 Å². The third-order valence-electron chi connectivity index (χ3n) is 28.0. The number of pyridine rings is 4. The molecule has 11 aliphatic heterocycles. The molecule has 9 N–H and O–H groups in total. The van der Waals surface area contributed by atoms with Crippen molar-refractivity contribution in [1.82, 2.24) is 91.9 Å². The molecule has 0 spiro atoms. The number of aromatic nitrogens is 6. The number of carbonyl (C=O) groups is 14. The van der Waals surface area contributed by atoms with Gasteiger partial charge in [-0.15, -0.1) is 0 Å². The van der Waals surface area contributed by atoms with Crippen LogP contribution in [-0.4, -0.2) is 249 Å². The number of aliphatic hydroxyl groups excluding tert-OH is 1. The largest absolute Gasteiger partial charge is 0.497 e. The average Bonchev–Trinajstić information content (AvgIpc) is 1.58. The fraction of sp³-hybridized carbons (Fsp3) is 0.297. The maximum atomic E-state index is 15.2. The number of aromatic amines is 1. The molecule has 43 nitrogen and oxygen atoms in total. The lowest BCUT2D eigenvalue weighted by Crippen LogP contribution is -2.52. The topological polar surface area (TPSA) is 536 Å². The number of furan rings is 4. The first-order valence-corrected chi connectivity index (χ1v) is 46.8. The van der Waals surface area contributed by atoms with Gasteiger partial charge in [0.05, 0.1) is 109 Å². The highest BCUT2D eigenvalue weighted by molar-refractivity contribution is 6.13. The smallest absolute Gasteiger partial charge is 0.322 e. The maximum absolute atomic E-state index is 15.2. The van der Waals surface area contributed by atoms with Gasteiger partial charge in [0, 0.05) is 113 Å². The van der Waals surface area contributed by atoms with Crippen molar-refractivity contribution >= 4 is 145 Å². The lowest BCUT2D eigenvalue weighted by atomic mass is 9.82. The number of piperazine rings is 1. The zero-order valence-electron chi connectivity index (χ0n) is 79.3. The Bertz CT molecular complexity index is 7920. The number of hydrogen-bond acceptors (Lipinski definition) is 30. The van der Waals surface area contributed by atoms with E-state index in [2.05, 4.69) is 79.2 Å². The summed E-state index contributed by atoms with van der Waals surface area (Å²) in [5.74, 6) is -7.38. The number of ether oxygens (including phenoxy) is 4. The van der Waals surface area contributed by atoms with E-state index < -0.39 is 117 Å². The van der Waals surface area contributed by atoms with E-state index in [0.29, 0.717) is 110 Å². The number of nitrogens with one attached hydrogen (secondary N) is 8. The van der Waals surface area contributed by atoms with Gasteiger partial charge in [-0.3, -0.25) is 93.7 Å². The molecular weight excluding hydrogens is 1940 g/mol. The zero-order valence-corrected chi connectivity index (χ0v) is 79.3. The van der Waals surface area contributed by atoms with Crippen LogP contribution < -0.4 is 66.0 Å². The van der Waals surface area contributed by atoms with Gasteiger partial charge in [-0.25, -0.2) is 47.1 Å². The molecule has 5 atom stereocenters. The molecular formula is C101H88F4N20O23. The van der Waals surface area contributed by atoms with E-state index in [1.807, 2.05) is 17.0 Å². The third kappa shape index (κ3) is 16.8. The fourth-order valence-corrected chi connectivity index (χ4v) is 20.5. The van der Waals surface area contributed by atoms with E-state index in [-0.39, 0.29) is 171 Å². The van der Waals surface area contributed by atoms with Gasteiger partial charge in [-0.1, -0.05) is 37.3 Å². The Labute approximate surface area is 832 Å². The summed E-state index contributed by atoms with van der Waals surface area (Å²) >= 11 is 0. The predicted molar refractivity (Wildman–Crippen MR) is 508 cm³/mol. The predicted octanol–water partition coefficient (Wildman–Crippen LogP) is 7.09. The van der Waals surface area contributed by atoms with E-state index in [1.165, 1.54) is 89.3 Å². The van der Waals surface area contributed by atoms with Gasteiger partial charge >= 0.3 is 12.1 Å². The van der Waals surface area contributed by atoms with Crippen molar-refractivity contribution in [2.75, 3.05) is 110 Å². The highest BCUT2D eigenvalue weighted by Gasteiger charge is 2.59. The van der Waals surface area contributed by atoms with Crippen LogP contribution in [-0.2, 0) is 86.4 Å². The Morgan fingerprint density at radius 1 is 0.480 bits per heavy atom. The number of nitrogens with zero attached hydrogens (tertiary/aromatic N) is 12. The minimum absolute atomic E-state index is 0.000436. The normalized spacial score (nSPS) is 21.4. The van der Waals surface area contributed by atoms with Crippen molar-refractivity contribution in [1.29, 1.82) is 0 Å². The Hall–Kier alpha value is -17.8. The number of aliphatic hydroxyl groups is 1. The molecule has 24 rings (SSSR count). The molecule has 758 valence electrons. The minimum Gasteiger partial charge on any atom is -0.497 e. The number of carbonyl (C=O) groups excluding carboxylic acids is 14. The van der Waals surface area contributed by atoms with Gasteiger partial charge in [-0.05, 0) is 114 Å². The van der Waals surface area contributed by atoms with Gasteiger partial charge < -0.3 is 82.2 Å². The van der Waals surface area contributed by atoms with Gasteiger partial charge in [0.15, 0.2) is 73.9 Å². The standard InChI is InChI=1S/C28H27F2N5O5.C25H22FN5O6.C25H21FN4O7.C23H18N6O5/c1-3-8-34-9-6-15(7-10-34)24-17(29)11-20-18(31-24)12-21(40-20)28(26(37)32-27(38)33-28)14-35-13-16-4-5-19(39-2)23(30)22(16)25(35)36;1-36-16-3-2-13-10-31(23(34)21(13)22(16)26)12-25(9-19(32)29-24(25)35)17-8-14-15(37-17)4-5-18(28-14)30-7-6-27-20(33)11-30;1-36-16-3-2-12-9-29(23(34)21(12)22(16)26)11-25(8-19(32)28-24(25)35)17-7-14-15(37-17)4-5-18(27-14)30-10-13(31)6-20(30)33;1-33-14-3-2-12-10-29(20(30)15(12)6-14)11-23(21(31)27-22(32)28-23)19-7-17-18(34-19)5-4-16(26-17)13-8-24-25-9-13/h4-6,11-12H,3,7-10,13-14H2,1-2H3,(H2,32,33,37,38);2-5,8H,6-7,9-12H2,1H3,(H,27,33)(H,29,32,35);2-5,7,13,31H,6,8-11H2,1H3,(H,28,32,35);2-9H,10-11H2,1H3,(H,24,25)(H2,27,28,31,32)/t28-;25-;13-,25-;23-/m0110/s1. The Morgan fingerprint density at radius 2 is 0.966 bits per heavy atom. The highest BCUT2D eigenvalue weighted by Crippen LogP contribution is 2.46. The van der Waals surface area contributed by atoms with E-state index >= 15 is 4.39 Å². The fourth-order valence-electron chi connectivity index (χ4n) is 20.5. The Morgan fingerprint density at radius 3 is 1.44 bits per heavy atom. The van der Waals surface area contributed by atoms with Crippen molar-refractivity contribution < 1.29 is 126 Å². The van der Waals surface area contributed by atoms with Crippen LogP contribution >= 0.6 is 0 Å². The van der Waals surface area contributed by atoms with Crippen molar-refractivity contribution in [3.63, 3.8) is 0 Å². The second-order valence-corrected chi connectivity index (χ2v) is 37.1. The number of methoxy groups -OCH3 is 4. The summed E-state index contributed by atoms with van der Waals surface area (Å²) < 4.78 is 104. The SMILES string of the molecule is CCCN1CC=C(c2nc3cc([C@]4(CN5Cc6ccc(OC)c(F)c6C5=O)NC(=O)NC4=O)oc3cc2F)CC1.COc1ccc2c(c1)C(=O)N(C[C@@]1(c3cc4nc(-c5cn[nH]c5)ccc4o3)NC(=O)NC1=O)C2.COc1ccc2c(c1F)C(=O)N(C[C@@]1(c3cc4nc(N5CCNC(=O)C5)ccc4o3)CC(=O)NC1=O)C2.COc1ccc2c(c1F)C(=O)N(C[C@@]1(c3cc4nc(N5C[C@H](O)CC5=O)ccc4o3)CC(=O)NC1=O)C2. The second kappa shape index (κ2) is 37.4. The van der Waals surface area contributed by atoms with Crippen LogP contribution in [0.3, 0.4) is 0 Å². The number of halogens is 4. The number of hydrogen-bond donors (Lipinski definition) is 9. The molecule has 47 heteroatoms. The van der Waals surface area contributed by atoms with Crippen LogP contribution in [0.5, 0.6) is 23.0 Å². The molecule has 20 heterocycles. The first-order chi connectivity index (χ1) is 71.2. The molecule has 0 radical (unpaired) electrons. The average molecular weight is 2030 g/mol. The van der Waals surface area contributed by atoms with Crippen molar-refractivity contribution in [2.24, 2.45) is 0 Å². The Kier molecular flexibility index (Phi) is 24.4. The molecule has 11 aliphatic rings. The maximum Gasteiger partial charge on any atom is 0.322 e. The number of amides is 16. The summed E-state index contributed by atoms with van der Waals surface area (Å²) in [6.45, 7) is 5.44. The van der Waals surface area contributed by atoms with Crippen molar-refractivity contribution in [2.45, 2.75) is 93.2 Å². The van der Waals surface area contributed by atoms with Crippen molar-refractivity contribution in [3.8, 4) is 34.3 Å². The first kappa shape index (κ1) is 96.3. The van der Waals surface area contributed by atoms with Crippen LogP contribution in [0.15, 0.2) is 157 Å². The molecule has 0 unspecified atom stereocenters. The van der Waals surface area contributed by atoms with Gasteiger partial charge in [0.2, 0.25) is 35.4 Å². The number of rotatable bonds is 22. The molecule has 13 aromatic rings. The van der Waals surface area contributed by atoms with Crippen LogP contribution in [0.25, 0.3) is 61.2 Å². The lowest BCUT2D eigenvalue weighted by Gasteiger charge is -2.28. The zero-order chi connectivity index (χ0) is 104. The minimum atomic E-state index is -1.84. The number of urea groups is 2. The molecule has 0 aliphatic carbocycles. The molecule has 0 bridgehead atoms. The number of imide groups is 4. The summed E-state index contributed by atoms with van der Waals surface area (Å²) in [7, 11) is 5.44. The molecule has 148 heavy (non-hydrogen) atoms. The molecule has 6 saturated heterocycles. The van der Waals surface area contributed by atoms with Crippen LogP contribution in [0.2, 0.25) is 0 Å². The number of H-pyrrole nitrogens is 1. The third-order valence-corrected chi connectivity index (χ3v) is 28.0. The van der Waals surface area contributed by atoms with Crippen molar-refractivity contribution in [3.05, 3.63) is 236 Å². The molecule has 4 aromatic carbocycles. The van der Waals surface area contributed by atoms with Crippen LogP contribution in [0.4, 0.5) is 38.8 Å². The molecule has 6 fully saturated rings. The van der Waals surface area contributed by atoms with Crippen LogP contribution in [0.1, 0.15) is 131 Å². The van der Waals surface area contributed by atoms with Gasteiger partial charge in [-0.2, -0.15) is 5.10 Å². The first-order valence-electron chi connectivity index (χ1n) is 46.8. The summed E-state index contributed by atoms with van der Waals surface area (Å²) in [6.07, 6.45) is 5.70.